The van der Waals surface area contributed by atoms with E-state index in [9.17, 15) is 4.79 Å². The van der Waals surface area contributed by atoms with Gasteiger partial charge >= 0.3 is 0 Å². The average molecular weight is 351 g/mol. The van der Waals surface area contributed by atoms with Gasteiger partial charge in [0.15, 0.2) is 5.96 Å². The SMILES string of the molecule is CN=C(NCCCCSC)NCCC(=O)N(C)Cc1ccccc1. The quantitative estimate of drug-likeness (QED) is 0.386. The number of carbonyl (C=O) groups is 1. The number of amides is 1. The molecule has 0 unspecified atom stereocenters. The Balaban J connectivity index is 2.20. The lowest BCUT2D eigenvalue weighted by Crippen LogP contribution is -2.39. The number of hydrogen-bond acceptors (Lipinski definition) is 3. The normalized spacial score (nSPS) is 11.2. The van der Waals surface area contributed by atoms with E-state index in [0.29, 0.717) is 19.5 Å². The van der Waals surface area contributed by atoms with Gasteiger partial charge in [-0.2, -0.15) is 11.8 Å². The Morgan fingerprint density at radius 2 is 1.88 bits per heavy atom. The maximum absolute atomic E-state index is 12.2. The van der Waals surface area contributed by atoms with Gasteiger partial charge < -0.3 is 15.5 Å². The molecule has 1 aromatic carbocycles. The predicted molar refractivity (Wildman–Crippen MR) is 105 cm³/mol. The van der Waals surface area contributed by atoms with Crippen LogP contribution in [0.2, 0.25) is 0 Å². The summed E-state index contributed by atoms with van der Waals surface area (Å²) in [5.74, 6) is 2.08. The summed E-state index contributed by atoms with van der Waals surface area (Å²) in [6, 6.07) is 10.0. The van der Waals surface area contributed by atoms with E-state index >= 15 is 0 Å². The zero-order chi connectivity index (χ0) is 17.6. The van der Waals surface area contributed by atoms with Crippen LogP contribution in [0.25, 0.3) is 0 Å². The fourth-order valence-corrected chi connectivity index (χ4v) is 2.72. The summed E-state index contributed by atoms with van der Waals surface area (Å²) in [6.07, 6.45) is 4.91. The van der Waals surface area contributed by atoms with Crippen LogP contribution in [0.15, 0.2) is 35.3 Å². The highest BCUT2D eigenvalue weighted by molar-refractivity contribution is 7.98. The van der Waals surface area contributed by atoms with Crippen LogP contribution in [0.1, 0.15) is 24.8 Å². The van der Waals surface area contributed by atoms with Crippen molar-refractivity contribution in [1.82, 2.24) is 15.5 Å². The van der Waals surface area contributed by atoms with Crippen molar-refractivity contribution < 1.29 is 4.79 Å². The summed E-state index contributed by atoms with van der Waals surface area (Å²) in [7, 11) is 3.59. The van der Waals surface area contributed by atoms with Crippen molar-refractivity contribution in [2.24, 2.45) is 4.99 Å². The summed E-state index contributed by atoms with van der Waals surface area (Å²) in [6.45, 7) is 2.13. The Labute approximate surface area is 150 Å². The molecule has 0 atom stereocenters. The van der Waals surface area contributed by atoms with Crippen molar-refractivity contribution in [1.29, 1.82) is 0 Å². The van der Waals surface area contributed by atoms with E-state index < -0.39 is 0 Å². The topological polar surface area (TPSA) is 56.7 Å². The van der Waals surface area contributed by atoms with E-state index in [0.717, 1.165) is 24.5 Å². The molecule has 0 heterocycles. The van der Waals surface area contributed by atoms with Gasteiger partial charge in [0.1, 0.15) is 0 Å². The molecule has 1 aromatic rings. The first-order valence-electron chi connectivity index (χ1n) is 8.38. The summed E-state index contributed by atoms with van der Waals surface area (Å²) < 4.78 is 0. The largest absolute Gasteiger partial charge is 0.356 e. The average Bonchev–Trinajstić information content (AvgIpc) is 2.60. The second-order valence-electron chi connectivity index (χ2n) is 5.61. The molecule has 0 aliphatic rings. The molecule has 0 aromatic heterocycles. The van der Waals surface area contributed by atoms with Gasteiger partial charge in [-0.3, -0.25) is 9.79 Å². The fraction of sp³-hybridized carbons (Fsp3) is 0.556. The fourth-order valence-electron chi connectivity index (χ4n) is 2.22. The summed E-state index contributed by atoms with van der Waals surface area (Å²) >= 11 is 1.87. The van der Waals surface area contributed by atoms with E-state index in [1.54, 1.807) is 11.9 Å². The van der Waals surface area contributed by atoms with E-state index in [-0.39, 0.29) is 5.91 Å². The van der Waals surface area contributed by atoms with Crippen LogP contribution in [-0.2, 0) is 11.3 Å². The molecule has 2 N–H and O–H groups in total. The molecule has 1 rings (SSSR count). The van der Waals surface area contributed by atoms with Gasteiger partial charge in [-0.05, 0) is 30.4 Å². The van der Waals surface area contributed by atoms with Gasteiger partial charge in [0.25, 0.3) is 0 Å². The lowest BCUT2D eigenvalue weighted by molar-refractivity contribution is -0.130. The third kappa shape index (κ3) is 8.82. The Kier molecular flexibility index (Phi) is 10.8. The van der Waals surface area contributed by atoms with E-state index in [4.69, 9.17) is 0 Å². The minimum Gasteiger partial charge on any atom is -0.356 e. The molecule has 0 spiro atoms. The molecule has 0 saturated heterocycles. The Morgan fingerprint density at radius 3 is 2.54 bits per heavy atom. The third-order valence-corrected chi connectivity index (χ3v) is 4.31. The van der Waals surface area contributed by atoms with Crippen LogP contribution in [-0.4, -0.2) is 56.0 Å². The summed E-state index contributed by atoms with van der Waals surface area (Å²) in [5, 5.41) is 6.47. The number of guanidine groups is 1. The zero-order valence-corrected chi connectivity index (χ0v) is 15.9. The maximum atomic E-state index is 12.2. The van der Waals surface area contributed by atoms with Gasteiger partial charge in [0.2, 0.25) is 5.91 Å². The van der Waals surface area contributed by atoms with Crippen molar-refractivity contribution in [2.75, 3.05) is 39.2 Å². The van der Waals surface area contributed by atoms with Crippen molar-refractivity contribution in [2.45, 2.75) is 25.8 Å². The number of carbonyl (C=O) groups excluding carboxylic acids is 1. The minimum absolute atomic E-state index is 0.127. The van der Waals surface area contributed by atoms with Crippen molar-refractivity contribution in [3.05, 3.63) is 35.9 Å². The summed E-state index contributed by atoms with van der Waals surface area (Å²) in [4.78, 5) is 18.1. The first kappa shape index (κ1) is 20.4. The number of thioether (sulfide) groups is 1. The molecule has 5 nitrogen and oxygen atoms in total. The molecule has 1 amide bonds. The van der Waals surface area contributed by atoms with Gasteiger partial charge in [-0.1, -0.05) is 30.3 Å². The van der Waals surface area contributed by atoms with E-state index in [2.05, 4.69) is 21.9 Å². The molecular formula is C18H30N4OS. The number of unbranched alkanes of at least 4 members (excludes halogenated alkanes) is 1. The highest BCUT2D eigenvalue weighted by Gasteiger charge is 2.09. The molecule has 24 heavy (non-hydrogen) atoms. The van der Waals surface area contributed by atoms with Gasteiger partial charge in [-0.15, -0.1) is 0 Å². The third-order valence-electron chi connectivity index (χ3n) is 3.61. The first-order chi connectivity index (χ1) is 11.7. The number of rotatable bonds is 10. The van der Waals surface area contributed by atoms with Crippen LogP contribution in [0, 0.1) is 0 Å². The van der Waals surface area contributed by atoms with Gasteiger partial charge in [0, 0.05) is 40.2 Å². The van der Waals surface area contributed by atoms with Crippen molar-refractivity contribution in [3.8, 4) is 0 Å². The lowest BCUT2D eigenvalue weighted by atomic mass is 10.2. The van der Waals surface area contributed by atoms with Crippen molar-refractivity contribution >= 4 is 23.6 Å². The van der Waals surface area contributed by atoms with Gasteiger partial charge in [0.05, 0.1) is 0 Å². The second-order valence-corrected chi connectivity index (χ2v) is 6.60. The monoisotopic (exact) mass is 350 g/mol. The minimum atomic E-state index is 0.127. The number of aliphatic imine (C=N–C) groups is 1. The summed E-state index contributed by atoms with van der Waals surface area (Å²) in [5.41, 5.74) is 1.14. The molecular weight excluding hydrogens is 320 g/mol. The first-order valence-corrected chi connectivity index (χ1v) is 9.78. The van der Waals surface area contributed by atoms with Crippen LogP contribution in [0.3, 0.4) is 0 Å². The molecule has 0 aliphatic carbocycles. The molecule has 0 bridgehead atoms. The highest BCUT2D eigenvalue weighted by Crippen LogP contribution is 2.03. The number of benzene rings is 1. The highest BCUT2D eigenvalue weighted by atomic mass is 32.2. The molecule has 134 valence electrons. The number of nitrogens with zero attached hydrogens (tertiary/aromatic N) is 2. The maximum Gasteiger partial charge on any atom is 0.224 e. The molecule has 6 heteroatoms. The second kappa shape index (κ2) is 12.7. The Morgan fingerprint density at radius 1 is 1.17 bits per heavy atom. The molecule has 0 saturated carbocycles. The van der Waals surface area contributed by atoms with Gasteiger partial charge in [-0.25, -0.2) is 0 Å². The number of nitrogens with one attached hydrogen (secondary N) is 2. The predicted octanol–water partition coefficient (Wildman–Crippen LogP) is 2.34. The zero-order valence-electron chi connectivity index (χ0n) is 15.0. The molecule has 0 fully saturated rings. The molecule has 0 aliphatic heterocycles. The van der Waals surface area contributed by atoms with Crippen LogP contribution < -0.4 is 10.6 Å². The smallest absolute Gasteiger partial charge is 0.224 e. The van der Waals surface area contributed by atoms with Crippen LogP contribution in [0.4, 0.5) is 0 Å². The van der Waals surface area contributed by atoms with E-state index in [1.807, 2.05) is 49.1 Å². The van der Waals surface area contributed by atoms with Crippen LogP contribution >= 0.6 is 11.8 Å². The standard InChI is InChI=1S/C18H30N4OS/c1-19-18(20-12-7-8-14-24-3)21-13-11-17(23)22(2)15-16-9-5-4-6-10-16/h4-6,9-10H,7-8,11-15H2,1-3H3,(H2,19,20,21). The van der Waals surface area contributed by atoms with Crippen LogP contribution in [0.5, 0.6) is 0 Å². The Hall–Kier alpha value is -1.69. The molecule has 0 radical (unpaired) electrons. The van der Waals surface area contributed by atoms with E-state index in [1.165, 1.54) is 12.2 Å². The Bertz CT molecular complexity index is 493. The number of hydrogen-bond donors (Lipinski definition) is 2. The lowest BCUT2D eigenvalue weighted by Gasteiger charge is -2.18. The van der Waals surface area contributed by atoms with Crippen molar-refractivity contribution in [3.63, 3.8) is 0 Å².